The number of anilines is 1. The van der Waals surface area contributed by atoms with Crippen molar-refractivity contribution in [3.8, 4) is 33.2 Å². The number of amides is 3. The van der Waals surface area contributed by atoms with E-state index < -0.39 is 11.9 Å². The lowest BCUT2D eigenvalue weighted by molar-refractivity contribution is -0.136. The quantitative estimate of drug-likeness (QED) is 0.105. The molecule has 2 aliphatic heterocycles. The number of nitrogens with zero attached hydrogens (tertiary/aromatic N) is 4. The largest absolute Gasteiger partial charge is 0.494 e. The minimum atomic E-state index is -0.616. The number of rotatable bonds is 13. The van der Waals surface area contributed by atoms with Crippen LogP contribution in [0.3, 0.4) is 0 Å². The van der Waals surface area contributed by atoms with E-state index in [0.717, 1.165) is 74.7 Å². The van der Waals surface area contributed by atoms with Crippen molar-refractivity contribution in [2.75, 3.05) is 32.2 Å². The van der Waals surface area contributed by atoms with Gasteiger partial charge >= 0.3 is 0 Å². The molecule has 10 nitrogen and oxygen atoms in total. The number of carbonyl (C=O) groups excluding carboxylic acids is 3. The Bertz CT molecular complexity index is 2030. The molecule has 1 N–H and O–H groups in total. The number of hydrogen-bond acceptors (Lipinski definition) is 9. The van der Waals surface area contributed by atoms with Crippen LogP contribution < -0.4 is 19.7 Å². The number of fused-ring (bicyclic) bond motifs is 2. The summed E-state index contributed by atoms with van der Waals surface area (Å²) in [6.45, 7) is 1.57. The molecule has 50 heavy (non-hydrogen) atoms. The van der Waals surface area contributed by atoms with Gasteiger partial charge in [0.1, 0.15) is 28.4 Å². The van der Waals surface area contributed by atoms with Crippen LogP contribution in [0.25, 0.3) is 31.9 Å². The molecule has 5 aromatic rings. The molecule has 7 rings (SSSR count). The smallest absolute Gasteiger partial charge is 0.255 e. The predicted octanol–water partition coefficient (Wildman–Crippen LogP) is 6.87. The SMILES string of the molecule is CN(C)c1ccc(-c2ccc(-c3nc4ccc(OCCCCCCOc5ccc6c(c5)CN(C5CCC(=O)NC5=O)C6=O)cc4s3)cc2)cn1. The Labute approximate surface area is 295 Å². The van der Waals surface area contributed by atoms with E-state index in [-0.39, 0.29) is 18.2 Å². The van der Waals surface area contributed by atoms with Gasteiger partial charge in [0.25, 0.3) is 5.91 Å². The normalized spacial score (nSPS) is 15.7. The molecular formula is C39H39N5O5S. The fourth-order valence-electron chi connectivity index (χ4n) is 6.32. The Morgan fingerprint density at radius 3 is 2.24 bits per heavy atom. The standard InChI is InChI=1S/C39H39N5O5S/c1-43(2)35-17-11-27(23-40-35)25-7-9-26(10-8-25)38-41-32-15-13-30(22-34(32)50-38)49-20-6-4-3-5-19-48-29-12-14-31-28(21-29)24-44(39(31)47)33-16-18-36(45)42-37(33)46/h7-15,17,21-23,33H,3-6,16,18-20,24H2,1-2H3,(H,42,45,46). The number of unbranched alkanes of at least 4 members (excludes halogenated alkanes) is 3. The lowest BCUT2D eigenvalue weighted by Crippen LogP contribution is -2.52. The number of benzene rings is 3. The van der Waals surface area contributed by atoms with E-state index in [0.29, 0.717) is 37.5 Å². The van der Waals surface area contributed by atoms with Gasteiger partial charge < -0.3 is 19.3 Å². The number of aromatic nitrogens is 2. The minimum Gasteiger partial charge on any atom is -0.494 e. The molecule has 2 aromatic heterocycles. The van der Waals surface area contributed by atoms with Crippen LogP contribution in [0.1, 0.15) is 54.4 Å². The second kappa shape index (κ2) is 14.7. The maximum atomic E-state index is 12.9. The molecule has 1 saturated heterocycles. The molecule has 0 radical (unpaired) electrons. The van der Waals surface area contributed by atoms with E-state index in [1.165, 1.54) is 0 Å². The second-order valence-corrected chi connectivity index (χ2v) is 13.9. The summed E-state index contributed by atoms with van der Waals surface area (Å²) in [5, 5.41) is 3.32. The van der Waals surface area contributed by atoms with Crippen molar-refractivity contribution in [2.24, 2.45) is 0 Å². The highest BCUT2D eigenvalue weighted by atomic mass is 32.1. The van der Waals surface area contributed by atoms with Gasteiger partial charge in [-0.2, -0.15) is 0 Å². The molecule has 0 spiro atoms. The van der Waals surface area contributed by atoms with Crippen LogP contribution >= 0.6 is 11.3 Å². The molecule has 0 saturated carbocycles. The van der Waals surface area contributed by atoms with Crippen molar-refractivity contribution in [3.05, 3.63) is 90.1 Å². The van der Waals surface area contributed by atoms with Crippen LogP contribution in [0.5, 0.6) is 11.5 Å². The lowest BCUT2D eigenvalue weighted by Gasteiger charge is -2.29. The summed E-state index contributed by atoms with van der Waals surface area (Å²) in [5.74, 6) is 1.63. The van der Waals surface area contributed by atoms with Gasteiger partial charge in [-0.3, -0.25) is 19.7 Å². The Morgan fingerprint density at radius 1 is 0.840 bits per heavy atom. The third-order valence-electron chi connectivity index (χ3n) is 9.10. The molecule has 0 bridgehead atoms. The maximum absolute atomic E-state index is 12.9. The Hall–Kier alpha value is -5.29. The average Bonchev–Trinajstić information content (AvgIpc) is 3.70. The van der Waals surface area contributed by atoms with Crippen LogP contribution in [0.2, 0.25) is 0 Å². The number of thiazole rings is 1. The summed E-state index contributed by atoms with van der Waals surface area (Å²) in [6, 6.07) is 23.5. The fraction of sp³-hybridized carbons (Fsp3) is 0.308. The van der Waals surface area contributed by atoms with Gasteiger partial charge in [0.05, 0.1) is 23.4 Å². The maximum Gasteiger partial charge on any atom is 0.255 e. The molecule has 3 amide bonds. The van der Waals surface area contributed by atoms with E-state index in [4.69, 9.17) is 14.5 Å². The van der Waals surface area contributed by atoms with Crippen LogP contribution in [0.15, 0.2) is 79.0 Å². The van der Waals surface area contributed by atoms with Gasteiger partial charge in [-0.25, -0.2) is 9.97 Å². The first kappa shape index (κ1) is 33.2. The highest BCUT2D eigenvalue weighted by Gasteiger charge is 2.39. The molecule has 1 atom stereocenters. The van der Waals surface area contributed by atoms with Crippen molar-refractivity contribution >= 4 is 45.1 Å². The van der Waals surface area contributed by atoms with Crippen LogP contribution in [0.4, 0.5) is 5.82 Å². The molecule has 0 aliphatic carbocycles. The third-order valence-corrected chi connectivity index (χ3v) is 10.2. The lowest BCUT2D eigenvalue weighted by atomic mass is 10.0. The molecule has 4 heterocycles. The Morgan fingerprint density at radius 2 is 1.54 bits per heavy atom. The predicted molar refractivity (Wildman–Crippen MR) is 195 cm³/mol. The fourth-order valence-corrected chi connectivity index (χ4v) is 7.32. The molecule has 3 aromatic carbocycles. The first-order valence-electron chi connectivity index (χ1n) is 17.0. The van der Waals surface area contributed by atoms with Gasteiger partial charge in [0, 0.05) is 49.9 Å². The Kier molecular flexibility index (Phi) is 9.75. The van der Waals surface area contributed by atoms with Gasteiger partial charge in [0.15, 0.2) is 0 Å². The highest BCUT2D eigenvalue weighted by molar-refractivity contribution is 7.21. The van der Waals surface area contributed by atoms with Crippen LogP contribution in [-0.4, -0.2) is 65.9 Å². The van der Waals surface area contributed by atoms with Gasteiger partial charge in [-0.1, -0.05) is 24.3 Å². The molecule has 256 valence electrons. The number of imide groups is 1. The van der Waals surface area contributed by atoms with Crippen molar-refractivity contribution in [1.29, 1.82) is 0 Å². The molecule has 2 aliphatic rings. The zero-order valence-electron chi connectivity index (χ0n) is 28.2. The molecule has 1 fully saturated rings. The van der Waals surface area contributed by atoms with Crippen LogP contribution in [-0.2, 0) is 16.1 Å². The number of nitrogens with one attached hydrogen (secondary N) is 1. The summed E-state index contributed by atoms with van der Waals surface area (Å²) in [6.07, 6.45) is 6.40. The van der Waals surface area contributed by atoms with Gasteiger partial charge in [0.2, 0.25) is 11.8 Å². The number of hydrogen-bond donors (Lipinski definition) is 1. The van der Waals surface area contributed by atoms with E-state index in [1.807, 2.05) is 55.5 Å². The van der Waals surface area contributed by atoms with Crippen LogP contribution in [0, 0.1) is 0 Å². The summed E-state index contributed by atoms with van der Waals surface area (Å²) in [5.41, 5.74) is 5.68. The van der Waals surface area contributed by atoms with Gasteiger partial charge in [-0.05, 0) is 91.8 Å². The Balaban J connectivity index is 0.828. The second-order valence-electron chi connectivity index (χ2n) is 12.9. The molecule has 11 heteroatoms. The van der Waals surface area contributed by atoms with Crippen molar-refractivity contribution in [2.45, 2.75) is 51.1 Å². The number of pyridine rings is 1. The van der Waals surface area contributed by atoms with Crippen molar-refractivity contribution in [3.63, 3.8) is 0 Å². The number of piperidine rings is 1. The molecule has 1 unspecified atom stereocenters. The van der Waals surface area contributed by atoms with E-state index >= 15 is 0 Å². The summed E-state index contributed by atoms with van der Waals surface area (Å²) < 4.78 is 13.1. The summed E-state index contributed by atoms with van der Waals surface area (Å²) in [4.78, 5) is 49.6. The third kappa shape index (κ3) is 7.33. The number of carbonyl (C=O) groups is 3. The first-order valence-corrected chi connectivity index (χ1v) is 17.8. The number of ether oxygens (including phenoxy) is 2. The average molecular weight is 690 g/mol. The zero-order valence-corrected chi connectivity index (χ0v) is 29.0. The van der Waals surface area contributed by atoms with E-state index in [9.17, 15) is 14.4 Å². The summed E-state index contributed by atoms with van der Waals surface area (Å²) in [7, 11) is 3.97. The minimum absolute atomic E-state index is 0.178. The van der Waals surface area contributed by atoms with E-state index in [2.05, 4.69) is 46.7 Å². The van der Waals surface area contributed by atoms with E-state index in [1.54, 1.807) is 22.3 Å². The van der Waals surface area contributed by atoms with Crippen molar-refractivity contribution in [1.82, 2.24) is 20.2 Å². The monoisotopic (exact) mass is 689 g/mol. The van der Waals surface area contributed by atoms with Crippen molar-refractivity contribution < 1.29 is 23.9 Å². The summed E-state index contributed by atoms with van der Waals surface area (Å²) >= 11 is 1.67. The highest BCUT2D eigenvalue weighted by Crippen LogP contribution is 2.34. The zero-order chi connectivity index (χ0) is 34.6. The van der Waals surface area contributed by atoms with Gasteiger partial charge in [-0.15, -0.1) is 11.3 Å². The molecular weight excluding hydrogens is 651 g/mol. The topological polar surface area (TPSA) is 114 Å². The first-order chi connectivity index (χ1) is 24.3.